The van der Waals surface area contributed by atoms with Crippen LogP contribution in [-0.4, -0.2) is 18.8 Å². The summed E-state index contributed by atoms with van der Waals surface area (Å²) in [7, 11) is 1.42. The van der Waals surface area contributed by atoms with Gasteiger partial charge in [0.05, 0.1) is 18.1 Å². The summed E-state index contributed by atoms with van der Waals surface area (Å²) in [5, 5.41) is 0.154. The maximum atomic E-state index is 11.3. The molecule has 0 bridgehead atoms. The highest BCUT2D eigenvalue weighted by Crippen LogP contribution is 2.35. The van der Waals surface area contributed by atoms with Crippen LogP contribution in [0.1, 0.15) is 30.2 Å². The van der Waals surface area contributed by atoms with E-state index in [4.69, 9.17) is 4.74 Å². The number of methoxy groups -OCH3 is 1. The Morgan fingerprint density at radius 2 is 1.38 bits per heavy atom. The van der Waals surface area contributed by atoms with Crippen molar-refractivity contribution in [1.29, 1.82) is 0 Å². The summed E-state index contributed by atoms with van der Waals surface area (Å²) >= 11 is 1.59. The van der Waals surface area contributed by atoms with Crippen molar-refractivity contribution >= 4 is 17.7 Å². The monoisotopic (exact) mass is 302 g/mol. The van der Waals surface area contributed by atoms with E-state index in [-0.39, 0.29) is 11.2 Å². The first-order chi connectivity index (χ1) is 10.3. The van der Waals surface area contributed by atoms with Crippen molar-refractivity contribution in [3.05, 3.63) is 71.8 Å². The van der Waals surface area contributed by atoms with Crippen molar-refractivity contribution in [3.8, 4) is 0 Å². The molecule has 0 amide bonds. The summed E-state index contributed by atoms with van der Waals surface area (Å²) < 4.78 is 4.71. The Morgan fingerprint density at radius 3 is 1.76 bits per heavy atom. The van der Waals surface area contributed by atoms with Gasteiger partial charge in [-0.3, -0.25) is 4.79 Å². The summed E-state index contributed by atoms with van der Waals surface area (Å²) in [6.07, 6.45) is 0. The number of thioether (sulfide) groups is 1. The fraction of sp³-hybridized carbons (Fsp3) is 0.278. The first-order valence-corrected chi connectivity index (χ1v) is 8.14. The quantitative estimate of drug-likeness (QED) is 0.748. The lowest BCUT2D eigenvalue weighted by atomic mass is 10.0. The second kappa shape index (κ2) is 10.1. The largest absolute Gasteiger partial charge is 0.468 e. The zero-order valence-electron chi connectivity index (χ0n) is 12.8. The SMILES string of the molecule is CC.COC(=O)CSC(c1ccccc1)c1ccccc1. The van der Waals surface area contributed by atoms with Crippen LogP contribution in [0.2, 0.25) is 0 Å². The molecule has 0 N–H and O–H groups in total. The molecule has 0 saturated carbocycles. The zero-order chi connectivity index (χ0) is 15.5. The van der Waals surface area contributed by atoms with Gasteiger partial charge in [0.15, 0.2) is 0 Å². The molecular weight excluding hydrogens is 280 g/mol. The van der Waals surface area contributed by atoms with Crippen molar-refractivity contribution in [2.75, 3.05) is 12.9 Å². The fourth-order valence-electron chi connectivity index (χ4n) is 1.85. The number of esters is 1. The Kier molecular flexibility index (Phi) is 8.29. The highest BCUT2D eigenvalue weighted by molar-refractivity contribution is 8.00. The average Bonchev–Trinajstić information content (AvgIpc) is 2.58. The first kappa shape index (κ1) is 17.3. The van der Waals surface area contributed by atoms with Gasteiger partial charge in [0, 0.05) is 0 Å². The minimum atomic E-state index is -0.193. The van der Waals surface area contributed by atoms with E-state index in [1.807, 2.05) is 50.2 Å². The molecule has 21 heavy (non-hydrogen) atoms. The second-order valence-electron chi connectivity index (χ2n) is 4.09. The van der Waals surface area contributed by atoms with Crippen LogP contribution >= 0.6 is 11.8 Å². The summed E-state index contributed by atoms with van der Waals surface area (Å²) in [4.78, 5) is 11.3. The lowest BCUT2D eigenvalue weighted by Crippen LogP contribution is -2.06. The van der Waals surface area contributed by atoms with Gasteiger partial charge in [0.1, 0.15) is 0 Å². The predicted molar refractivity (Wildman–Crippen MR) is 90.5 cm³/mol. The lowest BCUT2D eigenvalue weighted by Gasteiger charge is -2.17. The molecule has 3 heteroatoms. The molecule has 0 radical (unpaired) electrons. The molecule has 0 heterocycles. The molecule has 0 saturated heterocycles. The summed E-state index contributed by atoms with van der Waals surface area (Å²) in [5.74, 6) is 0.159. The van der Waals surface area contributed by atoms with E-state index >= 15 is 0 Å². The van der Waals surface area contributed by atoms with E-state index in [9.17, 15) is 4.79 Å². The summed E-state index contributed by atoms with van der Waals surface area (Å²) in [6.45, 7) is 4.00. The Bertz CT molecular complexity index is 472. The van der Waals surface area contributed by atoms with E-state index < -0.39 is 0 Å². The zero-order valence-corrected chi connectivity index (χ0v) is 13.6. The minimum Gasteiger partial charge on any atom is -0.468 e. The molecule has 0 aromatic heterocycles. The Morgan fingerprint density at radius 1 is 0.952 bits per heavy atom. The summed E-state index contributed by atoms with van der Waals surface area (Å²) in [6, 6.07) is 20.4. The molecule has 2 nitrogen and oxygen atoms in total. The van der Waals surface area contributed by atoms with Crippen molar-refractivity contribution in [1.82, 2.24) is 0 Å². The van der Waals surface area contributed by atoms with Crippen LogP contribution in [0.25, 0.3) is 0 Å². The number of hydrogen-bond acceptors (Lipinski definition) is 3. The Balaban J connectivity index is 0.00000106. The molecule has 0 atom stereocenters. The first-order valence-electron chi connectivity index (χ1n) is 7.09. The standard InChI is InChI=1S/C16H16O2S.C2H6/c1-18-15(17)12-19-16(13-8-4-2-5-9-13)14-10-6-3-7-11-14;1-2/h2-11,16H,12H2,1H3;1-2H3. The third-order valence-corrected chi connectivity index (χ3v) is 4.08. The molecule has 0 aliphatic carbocycles. The molecule has 2 aromatic rings. The number of ether oxygens (including phenoxy) is 1. The van der Waals surface area contributed by atoms with E-state index in [0.29, 0.717) is 5.75 Å². The van der Waals surface area contributed by atoms with E-state index in [1.165, 1.54) is 18.2 Å². The maximum Gasteiger partial charge on any atom is 0.315 e. The summed E-state index contributed by atoms with van der Waals surface area (Å²) in [5.41, 5.74) is 2.39. The average molecular weight is 302 g/mol. The van der Waals surface area contributed by atoms with Crippen molar-refractivity contribution in [2.45, 2.75) is 19.1 Å². The number of benzene rings is 2. The van der Waals surface area contributed by atoms with E-state index in [1.54, 1.807) is 11.8 Å². The lowest BCUT2D eigenvalue weighted by molar-refractivity contribution is -0.137. The van der Waals surface area contributed by atoms with Crippen molar-refractivity contribution in [3.63, 3.8) is 0 Å². The molecule has 112 valence electrons. The van der Waals surface area contributed by atoms with E-state index in [0.717, 1.165) is 0 Å². The van der Waals surface area contributed by atoms with Gasteiger partial charge in [-0.05, 0) is 11.1 Å². The number of hydrogen-bond donors (Lipinski definition) is 0. The van der Waals surface area contributed by atoms with Gasteiger partial charge in [-0.25, -0.2) is 0 Å². The Hall–Kier alpha value is -1.74. The van der Waals surface area contributed by atoms with Gasteiger partial charge >= 0.3 is 5.97 Å². The maximum absolute atomic E-state index is 11.3. The molecule has 0 unspecified atom stereocenters. The third kappa shape index (κ3) is 5.64. The normalized spacial score (nSPS) is 9.71. The van der Waals surface area contributed by atoms with Crippen LogP contribution < -0.4 is 0 Å². The molecule has 0 spiro atoms. The smallest absolute Gasteiger partial charge is 0.315 e. The van der Waals surface area contributed by atoms with Crippen LogP contribution in [0, 0.1) is 0 Å². The molecule has 0 aliphatic rings. The second-order valence-corrected chi connectivity index (χ2v) is 5.18. The van der Waals surface area contributed by atoms with E-state index in [2.05, 4.69) is 24.3 Å². The van der Waals surface area contributed by atoms with Crippen LogP contribution in [0.4, 0.5) is 0 Å². The predicted octanol–water partition coefficient (Wildman–Crippen LogP) is 4.71. The van der Waals surface area contributed by atoms with Crippen LogP contribution in [-0.2, 0) is 9.53 Å². The number of rotatable bonds is 5. The van der Waals surface area contributed by atoms with Gasteiger partial charge < -0.3 is 4.74 Å². The van der Waals surface area contributed by atoms with Crippen LogP contribution in [0.3, 0.4) is 0 Å². The van der Waals surface area contributed by atoms with Crippen molar-refractivity contribution < 1.29 is 9.53 Å². The molecule has 2 rings (SSSR count). The molecular formula is C18H22O2S. The Labute approximate surface area is 131 Å². The molecule has 2 aromatic carbocycles. The van der Waals surface area contributed by atoms with Gasteiger partial charge in [-0.1, -0.05) is 74.5 Å². The van der Waals surface area contributed by atoms with Crippen LogP contribution in [0.5, 0.6) is 0 Å². The highest BCUT2D eigenvalue weighted by Gasteiger charge is 2.16. The van der Waals surface area contributed by atoms with Gasteiger partial charge in [0.25, 0.3) is 0 Å². The number of carbonyl (C=O) groups excluding carboxylic acids is 1. The fourth-order valence-corrected chi connectivity index (χ4v) is 2.97. The minimum absolute atomic E-state index is 0.154. The molecule has 0 aliphatic heterocycles. The third-order valence-electron chi connectivity index (χ3n) is 2.80. The number of carbonyl (C=O) groups is 1. The van der Waals surface area contributed by atoms with Gasteiger partial charge in [-0.15, -0.1) is 11.8 Å². The highest BCUT2D eigenvalue weighted by atomic mass is 32.2. The molecule has 0 fully saturated rings. The van der Waals surface area contributed by atoms with Gasteiger partial charge in [-0.2, -0.15) is 0 Å². The van der Waals surface area contributed by atoms with Crippen LogP contribution in [0.15, 0.2) is 60.7 Å². The topological polar surface area (TPSA) is 26.3 Å². The van der Waals surface area contributed by atoms with Gasteiger partial charge in [0.2, 0.25) is 0 Å². The van der Waals surface area contributed by atoms with Crippen molar-refractivity contribution in [2.24, 2.45) is 0 Å².